The van der Waals surface area contributed by atoms with Crippen LogP contribution in [0.3, 0.4) is 0 Å². The van der Waals surface area contributed by atoms with Crippen molar-refractivity contribution in [3.63, 3.8) is 0 Å². The van der Waals surface area contributed by atoms with E-state index in [-0.39, 0.29) is 11.8 Å². The monoisotopic (exact) mass is 425 g/mol. The van der Waals surface area contributed by atoms with Crippen molar-refractivity contribution in [2.24, 2.45) is 11.7 Å². The highest BCUT2D eigenvalue weighted by molar-refractivity contribution is 5.92. The molecule has 1 aromatic rings. The number of piperidine rings is 1. The van der Waals surface area contributed by atoms with Crippen molar-refractivity contribution in [2.75, 3.05) is 19.6 Å². The minimum absolute atomic E-state index is 0.238. The summed E-state index contributed by atoms with van der Waals surface area (Å²) in [4.78, 5) is 28.6. The van der Waals surface area contributed by atoms with Crippen molar-refractivity contribution in [1.82, 2.24) is 9.80 Å². The van der Waals surface area contributed by atoms with E-state index in [0.29, 0.717) is 29.5 Å². The zero-order valence-electron chi connectivity index (χ0n) is 19.1. The molecule has 2 bridgehead atoms. The molecule has 3 aliphatic rings. The van der Waals surface area contributed by atoms with Gasteiger partial charge in [0.25, 0.3) is 0 Å². The van der Waals surface area contributed by atoms with Gasteiger partial charge >= 0.3 is 0 Å². The van der Waals surface area contributed by atoms with Gasteiger partial charge in [0.1, 0.15) is 0 Å². The lowest BCUT2D eigenvalue weighted by Crippen LogP contribution is -2.44. The van der Waals surface area contributed by atoms with E-state index in [4.69, 9.17) is 5.73 Å². The van der Waals surface area contributed by atoms with Gasteiger partial charge in [0, 0.05) is 44.2 Å². The number of nitrogens with two attached hydrogens (primary N) is 1. The van der Waals surface area contributed by atoms with Crippen LogP contribution in [0, 0.1) is 5.92 Å². The van der Waals surface area contributed by atoms with Crippen LogP contribution in [0.2, 0.25) is 0 Å². The number of hydrogen-bond acceptors (Lipinski definition) is 3. The lowest BCUT2D eigenvalue weighted by Gasteiger charge is -2.39. The number of primary amides is 1. The molecule has 2 saturated heterocycles. The van der Waals surface area contributed by atoms with E-state index in [1.165, 1.54) is 50.5 Å². The first-order chi connectivity index (χ1) is 15.0. The van der Waals surface area contributed by atoms with Crippen LogP contribution < -0.4 is 5.73 Å². The summed E-state index contributed by atoms with van der Waals surface area (Å²) < 4.78 is 0. The molecule has 4 rings (SSSR count). The highest BCUT2D eigenvalue weighted by Crippen LogP contribution is 2.43. The van der Waals surface area contributed by atoms with Crippen LogP contribution in [0.15, 0.2) is 24.3 Å². The number of hydrogen-bond donors (Lipinski definition) is 1. The molecule has 3 fully saturated rings. The SMILES string of the molecule is CC(=O)N(CCCN1C2CCC1CC(c1cccc(C(N)=O)c1)C2)CC1CCCCC1. The summed E-state index contributed by atoms with van der Waals surface area (Å²) >= 11 is 0. The topological polar surface area (TPSA) is 66.6 Å². The van der Waals surface area contributed by atoms with Gasteiger partial charge in [0.15, 0.2) is 0 Å². The Labute approximate surface area is 187 Å². The molecule has 0 spiro atoms. The van der Waals surface area contributed by atoms with Gasteiger partial charge in [-0.3, -0.25) is 14.5 Å². The smallest absolute Gasteiger partial charge is 0.248 e. The highest BCUT2D eigenvalue weighted by Gasteiger charge is 2.40. The number of carbonyl (C=O) groups is 2. The van der Waals surface area contributed by atoms with Crippen LogP contribution in [0.25, 0.3) is 0 Å². The second-order valence-corrected chi connectivity index (χ2v) is 10.1. The number of amides is 2. The largest absolute Gasteiger partial charge is 0.366 e. The second-order valence-electron chi connectivity index (χ2n) is 10.1. The molecular weight excluding hydrogens is 386 g/mol. The molecular formula is C26H39N3O2. The first-order valence-corrected chi connectivity index (χ1v) is 12.4. The minimum atomic E-state index is -0.342. The van der Waals surface area contributed by atoms with Crippen LogP contribution in [-0.2, 0) is 4.79 Å². The van der Waals surface area contributed by atoms with Crippen molar-refractivity contribution in [3.8, 4) is 0 Å². The summed E-state index contributed by atoms with van der Waals surface area (Å²) in [6.45, 7) is 4.68. The first-order valence-electron chi connectivity index (χ1n) is 12.4. The normalized spacial score (nSPS) is 26.7. The molecule has 2 amide bonds. The molecule has 0 radical (unpaired) electrons. The molecule has 0 aromatic heterocycles. The average Bonchev–Trinajstić information content (AvgIpc) is 3.00. The zero-order chi connectivity index (χ0) is 21.8. The predicted octanol–water partition coefficient (Wildman–Crippen LogP) is 4.31. The Bertz CT molecular complexity index is 760. The number of fused-ring (bicyclic) bond motifs is 2. The summed E-state index contributed by atoms with van der Waals surface area (Å²) in [5.41, 5.74) is 7.37. The second kappa shape index (κ2) is 10.2. The Morgan fingerprint density at radius 1 is 1.06 bits per heavy atom. The van der Waals surface area contributed by atoms with E-state index < -0.39 is 0 Å². The van der Waals surface area contributed by atoms with Gasteiger partial charge in [-0.2, -0.15) is 0 Å². The average molecular weight is 426 g/mol. The molecule has 2 aliphatic heterocycles. The molecule has 170 valence electrons. The molecule has 1 saturated carbocycles. The van der Waals surface area contributed by atoms with E-state index in [1.54, 1.807) is 6.92 Å². The van der Waals surface area contributed by atoms with Gasteiger partial charge in [-0.05, 0) is 74.5 Å². The van der Waals surface area contributed by atoms with Crippen molar-refractivity contribution >= 4 is 11.8 Å². The van der Waals surface area contributed by atoms with Crippen molar-refractivity contribution in [1.29, 1.82) is 0 Å². The van der Waals surface area contributed by atoms with E-state index >= 15 is 0 Å². The standard InChI is InChI=1S/C26H39N3O2/c1-19(30)28(18-20-7-3-2-4-8-20)13-6-14-29-24-11-12-25(29)17-23(16-24)21-9-5-10-22(15-21)26(27)31/h5,9-10,15,20,23-25H,2-4,6-8,11-14,16-18H2,1H3,(H2,27,31). The lowest BCUT2D eigenvalue weighted by molar-refractivity contribution is -0.129. The predicted molar refractivity (Wildman–Crippen MR) is 124 cm³/mol. The third-order valence-corrected chi connectivity index (χ3v) is 8.02. The van der Waals surface area contributed by atoms with Crippen molar-refractivity contribution in [3.05, 3.63) is 35.4 Å². The van der Waals surface area contributed by atoms with E-state index in [2.05, 4.69) is 15.9 Å². The molecule has 1 aliphatic carbocycles. The maximum Gasteiger partial charge on any atom is 0.248 e. The van der Waals surface area contributed by atoms with Gasteiger partial charge in [-0.15, -0.1) is 0 Å². The van der Waals surface area contributed by atoms with Gasteiger partial charge < -0.3 is 10.6 Å². The summed E-state index contributed by atoms with van der Waals surface area (Å²) in [6.07, 6.45) is 12.5. The van der Waals surface area contributed by atoms with Gasteiger partial charge in [0.2, 0.25) is 11.8 Å². The molecule has 1 aromatic carbocycles. The third-order valence-electron chi connectivity index (χ3n) is 8.02. The van der Waals surface area contributed by atoms with E-state index in [1.807, 2.05) is 18.2 Å². The third kappa shape index (κ3) is 5.49. The van der Waals surface area contributed by atoms with Crippen LogP contribution in [0.1, 0.15) is 93.0 Å². The maximum atomic E-state index is 12.2. The number of nitrogens with zero attached hydrogens (tertiary/aromatic N) is 2. The Kier molecular flexibility index (Phi) is 7.31. The van der Waals surface area contributed by atoms with E-state index in [0.717, 1.165) is 38.9 Å². The number of rotatable bonds is 8. The first kappa shape index (κ1) is 22.3. The fraction of sp³-hybridized carbons (Fsp3) is 0.692. The Morgan fingerprint density at radius 2 is 1.77 bits per heavy atom. The van der Waals surface area contributed by atoms with Crippen LogP contribution >= 0.6 is 0 Å². The molecule has 5 heteroatoms. The number of carbonyl (C=O) groups excluding carboxylic acids is 2. The quantitative estimate of drug-likeness (QED) is 0.675. The highest BCUT2D eigenvalue weighted by atomic mass is 16.2. The Morgan fingerprint density at radius 3 is 2.42 bits per heavy atom. The van der Waals surface area contributed by atoms with Crippen LogP contribution in [0.4, 0.5) is 0 Å². The van der Waals surface area contributed by atoms with Gasteiger partial charge in [-0.1, -0.05) is 31.4 Å². The Hall–Kier alpha value is -1.88. The molecule has 2 N–H and O–H groups in total. The summed E-state index contributed by atoms with van der Waals surface area (Å²) in [6, 6.07) is 9.19. The van der Waals surface area contributed by atoms with Crippen LogP contribution in [0.5, 0.6) is 0 Å². The molecule has 5 nitrogen and oxygen atoms in total. The molecule has 2 unspecified atom stereocenters. The van der Waals surface area contributed by atoms with Gasteiger partial charge in [0.05, 0.1) is 0 Å². The molecule has 2 heterocycles. The van der Waals surface area contributed by atoms with Crippen molar-refractivity contribution < 1.29 is 9.59 Å². The van der Waals surface area contributed by atoms with E-state index in [9.17, 15) is 9.59 Å². The minimum Gasteiger partial charge on any atom is -0.366 e. The van der Waals surface area contributed by atoms with Crippen LogP contribution in [-0.4, -0.2) is 53.3 Å². The summed E-state index contributed by atoms with van der Waals surface area (Å²) in [5, 5.41) is 0. The number of benzene rings is 1. The van der Waals surface area contributed by atoms with Gasteiger partial charge in [-0.25, -0.2) is 0 Å². The van der Waals surface area contributed by atoms with Crippen molar-refractivity contribution in [2.45, 2.75) is 89.1 Å². The fourth-order valence-corrected chi connectivity index (χ4v) is 6.36. The molecule has 2 atom stereocenters. The summed E-state index contributed by atoms with van der Waals surface area (Å²) in [5.74, 6) is 1.13. The molecule has 31 heavy (non-hydrogen) atoms. The summed E-state index contributed by atoms with van der Waals surface area (Å²) in [7, 11) is 0. The fourth-order valence-electron chi connectivity index (χ4n) is 6.36. The maximum absolute atomic E-state index is 12.2. The lowest BCUT2D eigenvalue weighted by atomic mass is 9.84. The zero-order valence-corrected chi connectivity index (χ0v) is 19.1. The Balaban J connectivity index is 1.29.